The van der Waals surface area contributed by atoms with Crippen LogP contribution in [0.4, 0.5) is 0 Å². The van der Waals surface area contributed by atoms with Crippen molar-refractivity contribution in [1.82, 2.24) is 25.3 Å². The smallest absolute Gasteiger partial charge is 0.328 e. The summed E-state index contributed by atoms with van der Waals surface area (Å²) in [6.07, 6.45) is 1.56. The lowest BCUT2D eigenvalue weighted by Crippen LogP contribution is -2.58. The summed E-state index contributed by atoms with van der Waals surface area (Å²) in [7, 11) is 8.55. The van der Waals surface area contributed by atoms with E-state index in [0.717, 1.165) is 18.4 Å². The van der Waals surface area contributed by atoms with E-state index in [4.69, 9.17) is 14.2 Å². The lowest BCUT2D eigenvalue weighted by atomic mass is 9.89. The van der Waals surface area contributed by atoms with Gasteiger partial charge in [0.2, 0.25) is 23.6 Å². The molecule has 1 aromatic rings. The van der Waals surface area contributed by atoms with Gasteiger partial charge in [0.05, 0.1) is 49.3 Å². The van der Waals surface area contributed by atoms with Gasteiger partial charge in [-0.25, -0.2) is 4.79 Å². The highest BCUT2D eigenvalue weighted by molar-refractivity contribution is 5.90. The van der Waals surface area contributed by atoms with Gasteiger partial charge in [0.25, 0.3) is 0 Å². The lowest BCUT2D eigenvalue weighted by Gasteiger charge is -2.40. The number of likely N-dealkylation sites (tertiary alicyclic amines) is 1. The molecular weight excluding hydrogens is 714 g/mol. The Labute approximate surface area is 336 Å². The van der Waals surface area contributed by atoms with Crippen LogP contribution in [0.2, 0.25) is 0 Å². The summed E-state index contributed by atoms with van der Waals surface area (Å²) >= 11 is 0. The summed E-state index contributed by atoms with van der Waals surface area (Å²) in [5, 5.41) is 5.96. The van der Waals surface area contributed by atoms with Crippen molar-refractivity contribution < 1.29 is 38.2 Å². The van der Waals surface area contributed by atoms with Crippen molar-refractivity contribution >= 4 is 29.6 Å². The van der Waals surface area contributed by atoms with Gasteiger partial charge in [-0.1, -0.05) is 85.2 Å². The van der Waals surface area contributed by atoms with E-state index in [9.17, 15) is 24.0 Å². The van der Waals surface area contributed by atoms with Crippen LogP contribution in [0, 0.1) is 23.7 Å². The van der Waals surface area contributed by atoms with Gasteiger partial charge in [0.15, 0.2) is 0 Å². The minimum absolute atomic E-state index is 0.00983. The number of amides is 4. The Morgan fingerprint density at radius 2 is 1.50 bits per heavy atom. The summed E-state index contributed by atoms with van der Waals surface area (Å²) in [6.45, 7) is 16.2. The number of ether oxygens (including phenoxy) is 3. The molecule has 56 heavy (non-hydrogen) atoms. The van der Waals surface area contributed by atoms with E-state index in [2.05, 4.69) is 10.6 Å². The molecule has 318 valence electrons. The summed E-state index contributed by atoms with van der Waals surface area (Å²) in [5.74, 6) is -2.01. The summed E-state index contributed by atoms with van der Waals surface area (Å²) < 4.78 is 17.3. The third-order valence-corrected chi connectivity index (χ3v) is 11.2. The van der Waals surface area contributed by atoms with Crippen molar-refractivity contribution in [2.75, 3.05) is 48.5 Å². The minimum Gasteiger partial charge on any atom is -0.464 e. The molecule has 4 amide bonds. The summed E-state index contributed by atoms with van der Waals surface area (Å²) in [6, 6.07) is 6.54. The molecule has 9 atom stereocenters. The fraction of sp³-hybridized carbons (Fsp3) is 0.744. The zero-order valence-electron chi connectivity index (χ0n) is 36.5. The number of nitrogens with zero attached hydrogens (tertiary/aromatic N) is 3. The van der Waals surface area contributed by atoms with Crippen LogP contribution in [0.1, 0.15) is 93.1 Å². The van der Waals surface area contributed by atoms with Crippen molar-refractivity contribution in [2.24, 2.45) is 23.7 Å². The van der Waals surface area contributed by atoms with Gasteiger partial charge in [0.1, 0.15) is 12.1 Å². The molecule has 2 N–H and O–H groups in total. The van der Waals surface area contributed by atoms with E-state index in [1.54, 1.807) is 37.8 Å². The molecule has 3 unspecified atom stereocenters. The number of rotatable bonds is 23. The maximum Gasteiger partial charge on any atom is 0.328 e. The van der Waals surface area contributed by atoms with Crippen molar-refractivity contribution in [3.05, 3.63) is 35.9 Å². The molecular formula is C43H73N5O8. The Bertz CT molecular complexity index is 1380. The average Bonchev–Trinajstić information content (AvgIpc) is 3.63. The van der Waals surface area contributed by atoms with Crippen LogP contribution in [0.25, 0.3) is 0 Å². The van der Waals surface area contributed by atoms with E-state index >= 15 is 0 Å². The van der Waals surface area contributed by atoms with E-state index in [1.165, 1.54) is 7.11 Å². The molecule has 1 aliphatic rings. The molecule has 1 heterocycles. The summed E-state index contributed by atoms with van der Waals surface area (Å²) in [5.41, 5.74) is 0.884. The number of hydrogen-bond donors (Lipinski definition) is 2. The van der Waals surface area contributed by atoms with Crippen LogP contribution in [-0.2, 0) is 44.6 Å². The molecule has 0 radical (unpaired) electrons. The number of benzene rings is 1. The molecule has 0 aromatic heterocycles. The van der Waals surface area contributed by atoms with Crippen LogP contribution >= 0.6 is 0 Å². The highest BCUT2D eigenvalue weighted by Crippen LogP contribution is 2.30. The Morgan fingerprint density at radius 3 is 2.02 bits per heavy atom. The second-order valence-electron chi connectivity index (χ2n) is 16.4. The molecule has 13 heteroatoms. The molecule has 1 fully saturated rings. The van der Waals surface area contributed by atoms with Crippen molar-refractivity contribution in [1.29, 1.82) is 0 Å². The first kappa shape index (κ1) is 48.6. The molecule has 1 saturated heterocycles. The number of esters is 1. The van der Waals surface area contributed by atoms with Gasteiger partial charge >= 0.3 is 5.97 Å². The van der Waals surface area contributed by atoms with E-state index in [0.29, 0.717) is 19.4 Å². The molecule has 2 rings (SSSR count). The number of carbonyl (C=O) groups excluding carboxylic acids is 5. The van der Waals surface area contributed by atoms with Crippen LogP contribution in [0.5, 0.6) is 0 Å². The number of hydrogen-bond acceptors (Lipinski definition) is 9. The average molecular weight is 788 g/mol. The van der Waals surface area contributed by atoms with Gasteiger partial charge in [-0.05, 0) is 63.6 Å². The van der Waals surface area contributed by atoms with E-state index < -0.39 is 54.3 Å². The molecule has 1 aromatic carbocycles. The fourth-order valence-electron chi connectivity index (χ4n) is 8.22. The second kappa shape index (κ2) is 23.6. The highest BCUT2D eigenvalue weighted by atomic mass is 16.5. The Morgan fingerprint density at radius 1 is 0.875 bits per heavy atom. The molecule has 0 bridgehead atoms. The zero-order valence-corrected chi connectivity index (χ0v) is 36.5. The van der Waals surface area contributed by atoms with E-state index in [1.807, 2.05) is 90.9 Å². The van der Waals surface area contributed by atoms with Crippen LogP contribution in [0.3, 0.4) is 0 Å². The Kier molecular flexibility index (Phi) is 20.5. The predicted molar refractivity (Wildman–Crippen MR) is 219 cm³/mol. The van der Waals surface area contributed by atoms with Crippen molar-refractivity contribution in [3.8, 4) is 0 Å². The molecule has 0 aliphatic carbocycles. The Balaban J connectivity index is 2.31. The van der Waals surface area contributed by atoms with Crippen LogP contribution in [-0.4, -0.2) is 135 Å². The van der Waals surface area contributed by atoms with Gasteiger partial charge < -0.3 is 34.6 Å². The van der Waals surface area contributed by atoms with Gasteiger partial charge in [0, 0.05) is 34.2 Å². The second-order valence-corrected chi connectivity index (χ2v) is 16.4. The van der Waals surface area contributed by atoms with Gasteiger partial charge in [-0.3, -0.25) is 24.1 Å². The normalized spacial score (nSPS) is 18.8. The van der Waals surface area contributed by atoms with Crippen molar-refractivity contribution in [3.63, 3.8) is 0 Å². The number of carbonyl (C=O) groups is 5. The SMILES string of the molecule is CCOC(=O)C(Cc1ccccc1)NC(=O)[C@H](C)[C@@H](OC)C1CCCN1C(=O)C[C@@H](OC)C([C@@H](C)CC)N(C)C(=O)[C@H](CC(C)C)NC(=O)[C@@H](C(C)C)N(C)C. The largest absolute Gasteiger partial charge is 0.464 e. The highest BCUT2D eigenvalue weighted by Gasteiger charge is 2.43. The predicted octanol–water partition coefficient (Wildman–Crippen LogP) is 4.31. The Hall–Kier alpha value is -3.55. The lowest BCUT2D eigenvalue weighted by molar-refractivity contribution is -0.149. The quantitative estimate of drug-likeness (QED) is 0.155. The molecule has 1 aliphatic heterocycles. The maximum atomic E-state index is 14.3. The fourth-order valence-corrected chi connectivity index (χ4v) is 8.22. The first-order valence-corrected chi connectivity index (χ1v) is 20.5. The first-order chi connectivity index (χ1) is 26.4. The number of likely N-dealkylation sites (N-methyl/N-ethyl adjacent to an activating group) is 2. The topological polar surface area (TPSA) is 147 Å². The third kappa shape index (κ3) is 13.5. The molecule has 0 spiro atoms. The maximum absolute atomic E-state index is 14.3. The number of methoxy groups -OCH3 is 2. The minimum atomic E-state index is -0.885. The molecule has 13 nitrogen and oxygen atoms in total. The van der Waals surface area contributed by atoms with Crippen LogP contribution < -0.4 is 10.6 Å². The van der Waals surface area contributed by atoms with E-state index in [-0.39, 0.29) is 60.8 Å². The van der Waals surface area contributed by atoms with Gasteiger partial charge in [-0.2, -0.15) is 0 Å². The van der Waals surface area contributed by atoms with Crippen molar-refractivity contribution in [2.45, 2.75) is 136 Å². The first-order valence-electron chi connectivity index (χ1n) is 20.5. The number of nitrogens with one attached hydrogen (secondary N) is 2. The van der Waals surface area contributed by atoms with Gasteiger partial charge in [-0.15, -0.1) is 0 Å². The molecule has 0 saturated carbocycles. The zero-order chi connectivity index (χ0) is 42.3. The standard InChI is InChI=1S/C43H73N5O8/c1-14-29(7)38(47(11)42(52)32(24-27(3)4)44-41(51)37(28(5)6)46(9)10)35(54-12)26-36(49)48-23-19-22-34(48)39(55-13)30(8)40(50)45-33(43(53)56-15-2)25-31-20-17-16-18-21-31/h16-18,20-21,27-30,32-35,37-39H,14-15,19,22-26H2,1-13H3,(H,44,51)(H,45,50)/t29-,30+,32-,33?,34?,35+,37+,38?,39+/m0/s1. The monoisotopic (exact) mass is 788 g/mol. The third-order valence-electron chi connectivity index (χ3n) is 11.2. The van der Waals surface area contributed by atoms with Crippen LogP contribution in [0.15, 0.2) is 30.3 Å². The summed E-state index contributed by atoms with van der Waals surface area (Å²) in [4.78, 5) is 74.1.